The van der Waals surface area contributed by atoms with E-state index in [1.54, 1.807) is 30.5 Å². The third-order valence-corrected chi connectivity index (χ3v) is 6.84. The van der Waals surface area contributed by atoms with Crippen LogP contribution in [0.15, 0.2) is 85.0 Å². The second kappa shape index (κ2) is 14.0. The van der Waals surface area contributed by atoms with Crippen molar-refractivity contribution < 1.29 is 66.5 Å². The zero-order chi connectivity index (χ0) is 30.9. The van der Waals surface area contributed by atoms with Crippen LogP contribution in [0, 0.1) is 6.92 Å². The van der Waals surface area contributed by atoms with Crippen molar-refractivity contribution in [2.24, 2.45) is 0 Å². The number of benzene rings is 1. The summed E-state index contributed by atoms with van der Waals surface area (Å²) in [6.07, 6.45) is 6.50. The molecule has 15 heteroatoms. The van der Waals surface area contributed by atoms with Gasteiger partial charge in [0.25, 0.3) is 5.91 Å². The molecular weight excluding hydrogens is 702 g/mol. The fourth-order valence-electron chi connectivity index (χ4n) is 4.36. The number of carbonyl (C=O) groups excluding carboxylic acids is 5. The molecule has 2 aliphatic rings. The number of ketones is 4. The topological polar surface area (TPSA) is 182 Å². The van der Waals surface area contributed by atoms with Crippen LogP contribution < -0.4 is 10.0 Å². The first-order chi connectivity index (χ1) is 20.4. The second-order valence-corrected chi connectivity index (χ2v) is 11.3. The molecule has 12 nitrogen and oxygen atoms in total. The minimum absolute atomic E-state index is 0. The van der Waals surface area contributed by atoms with Crippen molar-refractivity contribution in [1.82, 2.24) is 20.3 Å². The van der Waals surface area contributed by atoms with Gasteiger partial charge in [-0.25, -0.2) is 8.42 Å². The molecule has 0 fully saturated rings. The van der Waals surface area contributed by atoms with E-state index in [9.17, 15) is 32.4 Å². The van der Waals surface area contributed by atoms with Gasteiger partial charge in [-0.05, 0) is 61.0 Å². The first-order valence-electron chi connectivity index (χ1n) is 12.6. The van der Waals surface area contributed by atoms with Gasteiger partial charge in [0.05, 0.1) is 28.6 Å². The summed E-state index contributed by atoms with van der Waals surface area (Å²) in [4.78, 5) is 73.0. The van der Waals surface area contributed by atoms with Crippen LogP contribution in [0.1, 0.15) is 68.9 Å². The van der Waals surface area contributed by atoms with E-state index in [-0.39, 0.29) is 85.3 Å². The summed E-state index contributed by atoms with van der Waals surface area (Å²) >= 11 is 0. The molecule has 45 heavy (non-hydrogen) atoms. The maximum atomic E-state index is 12.4. The van der Waals surface area contributed by atoms with E-state index in [0.29, 0.717) is 11.1 Å². The molecule has 0 saturated carbocycles. The zero-order valence-electron chi connectivity index (χ0n) is 23.2. The third kappa shape index (κ3) is 7.54. The molecule has 6 rings (SSSR count). The minimum atomic E-state index is -3.50. The first-order valence-corrected chi connectivity index (χ1v) is 14.5. The summed E-state index contributed by atoms with van der Waals surface area (Å²) in [5.74, 6) is -2.13. The SMILES string of the molecule is CS(=O)(=O)Nc1cccc(C(=O)NC2=CC(=O)c3cccnc3C2=O)c1.Cc1cnc2c(c1)C(=O)c1cccnc1C2=O.[Cu].[Cu]. The van der Waals surface area contributed by atoms with Crippen LogP contribution >= 0.6 is 0 Å². The standard InChI is InChI=1S/C17H13N3O5S.C13H8N2O2.2Cu/c1-26(24,25)20-11-5-2-4-10(8-11)17(23)19-13-9-14(21)12-6-3-7-18-15(12)16(13)22;1-7-5-9-11(15-6-7)13(17)10-8(12(9)16)3-2-4-14-10;;/h2-9,20H,1H3,(H,19,23);2-6H,1H3;;. The molecule has 0 unspecified atom stereocenters. The van der Waals surface area contributed by atoms with Gasteiger partial charge >= 0.3 is 0 Å². The van der Waals surface area contributed by atoms with Gasteiger partial charge in [0.1, 0.15) is 17.1 Å². The summed E-state index contributed by atoms with van der Waals surface area (Å²) in [6, 6.07) is 13.7. The molecule has 0 atom stereocenters. The number of carbonyl (C=O) groups is 5. The largest absolute Gasteiger partial charge is 0.318 e. The van der Waals surface area contributed by atoms with Gasteiger partial charge in [-0.2, -0.15) is 0 Å². The number of Topliss-reactive ketones (excluding diaryl/α,β-unsaturated/α-hetero) is 1. The van der Waals surface area contributed by atoms with E-state index < -0.39 is 27.5 Å². The maximum absolute atomic E-state index is 12.4. The smallest absolute Gasteiger partial charge is 0.255 e. The van der Waals surface area contributed by atoms with Gasteiger partial charge in [-0.1, -0.05) is 6.07 Å². The number of nitrogens with zero attached hydrogens (tertiary/aromatic N) is 3. The molecule has 0 aliphatic heterocycles. The zero-order valence-corrected chi connectivity index (χ0v) is 25.9. The predicted octanol–water partition coefficient (Wildman–Crippen LogP) is 2.70. The van der Waals surface area contributed by atoms with E-state index in [2.05, 4.69) is 25.0 Å². The fourth-order valence-corrected chi connectivity index (χ4v) is 4.92. The van der Waals surface area contributed by atoms with E-state index in [4.69, 9.17) is 0 Å². The molecule has 236 valence electrons. The van der Waals surface area contributed by atoms with Crippen LogP contribution in [-0.4, -0.2) is 58.7 Å². The molecule has 0 saturated heterocycles. The Morgan fingerprint density at radius 3 is 2.02 bits per heavy atom. The van der Waals surface area contributed by atoms with Gasteiger partial charge in [-0.3, -0.25) is 43.6 Å². The molecule has 2 radical (unpaired) electrons. The van der Waals surface area contributed by atoms with E-state index in [0.717, 1.165) is 17.9 Å². The number of aromatic nitrogens is 3. The fraction of sp³-hybridized carbons (Fsp3) is 0.0667. The minimum Gasteiger partial charge on any atom is -0.318 e. The maximum Gasteiger partial charge on any atom is 0.255 e. The van der Waals surface area contributed by atoms with Crippen LogP contribution in [0.2, 0.25) is 0 Å². The van der Waals surface area contributed by atoms with Crippen molar-refractivity contribution in [2.75, 3.05) is 11.0 Å². The van der Waals surface area contributed by atoms with E-state index >= 15 is 0 Å². The summed E-state index contributed by atoms with van der Waals surface area (Å²) in [6.45, 7) is 1.84. The molecular formula is C30H21Cu2N5O7S. The predicted molar refractivity (Wildman–Crippen MR) is 153 cm³/mol. The normalized spacial score (nSPS) is 12.9. The van der Waals surface area contributed by atoms with Crippen LogP contribution in [0.5, 0.6) is 0 Å². The number of rotatable bonds is 4. The van der Waals surface area contributed by atoms with Gasteiger partial charge in [0.2, 0.25) is 21.6 Å². The number of aryl methyl sites for hydroxylation is 1. The Bertz CT molecular complexity index is 2030. The molecule has 1 amide bonds. The summed E-state index contributed by atoms with van der Waals surface area (Å²) < 4.78 is 24.8. The molecule has 4 aromatic rings. The second-order valence-electron chi connectivity index (χ2n) is 9.53. The van der Waals surface area contributed by atoms with Gasteiger partial charge in [0.15, 0.2) is 11.6 Å². The molecule has 0 spiro atoms. The van der Waals surface area contributed by atoms with Crippen molar-refractivity contribution in [3.8, 4) is 0 Å². The van der Waals surface area contributed by atoms with Crippen LogP contribution in [-0.2, 0) is 44.2 Å². The third-order valence-electron chi connectivity index (χ3n) is 6.24. The number of amides is 1. The van der Waals surface area contributed by atoms with E-state index in [1.807, 2.05) is 6.92 Å². The van der Waals surface area contributed by atoms with Gasteiger partial charge in [0, 0.05) is 70.1 Å². The molecule has 2 aliphatic carbocycles. The van der Waals surface area contributed by atoms with Gasteiger partial charge in [-0.15, -0.1) is 0 Å². The first kappa shape index (κ1) is 34.8. The van der Waals surface area contributed by atoms with Crippen LogP contribution in [0.3, 0.4) is 0 Å². The van der Waals surface area contributed by atoms with Crippen molar-refractivity contribution in [1.29, 1.82) is 0 Å². The van der Waals surface area contributed by atoms with E-state index in [1.165, 1.54) is 42.7 Å². The molecule has 3 aromatic heterocycles. The molecule has 0 bridgehead atoms. The average Bonchev–Trinajstić information content (AvgIpc) is 2.98. The Balaban J connectivity index is 0.000000253. The van der Waals surface area contributed by atoms with Crippen molar-refractivity contribution in [2.45, 2.75) is 6.92 Å². The Labute approximate surface area is 278 Å². The number of pyridine rings is 3. The quantitative estimate of drug-likeness (QED) is 0.262. The number of hydrogen-bond acceptors (Lipinski definition) is 10. The number of allylic oxidation sites excluding steroid dienone is 2. The van der Waals surface area contributed by atoms with Gasteiger partial charge < -0.3 is 5.32 Å². The molecule has 2 N–H and O–H groups in total. The van der Waals surface area contributed by atoms with Crippen LogP contribution in [0.4, 0.5) is 5.69 Å². The number of sulfonamides is 1. The Hall–Kier alpha value is -4.65. The number of anilines is 1. The van der Waals surface area contributed by atoms with Crippen LogP contribution in [0.25, 0.3) is 0 Å². The average molecular weight is 723 g/mol. The van der Waals surface area contributed by atoms with Crippen molar-refractivity contribution in [3.05, 3.63) is 130 Å². The van der Waals surface area contributed by atoms with Crippen molar-refractivity contribution >= 4 is 44.8 Å². The number of fused-ring (bicyclic) bond motifs is 3. The Kier molecular flexibility index (Phi) is 10.8. The molecule has 1 aromatic carbocycles. The summed E-state index contributed by atoms with van der Waals surface area (Å²) in [5, 5.41) is 2.38. The summed E-state index contributed by atoms with van der Waals surface area (Å²) in [5.41, 5.74) is 2.27. The monoisotopic (exact) mass is 721 g/mol. The Morgan fingerprint density at radius 1 is 0.733 bits per heavy atom. The molecule has 3 heterocycles. The number of hydrogen-bond donors (Lipinski definition) is 2. The Morgan fingerprint density at radius 2 is 1.36 bits per heavy atom. The van der Waals surface area contributed by atoms with Crippen molar-refractivity contribution in [3.63, 3.8) is 0 Å². The summed E-state index contributed by atoms with van der Waals surface area (Å²) in [7, 11) is -3.50. The number of nitrogens with one attached hydrogen (secondary N) is 2.